The Hall–Kier alpha value is -4.27. The first-order chi connectivity index (χ1) is 28.5. The van der Waals surface area contributed by atoms with E-state index in [2.05, 4.69) is 140 Å². The van der Waals surface area contributed by atoms with Gasteiger partial charge in [-0.3, -0.25) is 0 Å². The molecule has 0 aliphatic carbocycles. The van der Waals surface area contributed by atoms with E-state index in [1.165, 1.54) is 41.0 Å². The molecule has 0 aliphatic heterocycles. The van der Waals surface area contributed by atoms with E-state index in [9.17, 15) is 14.8 Å². The summed E-state index contributed by atoms with van der Waals surface area (Å²) < 4.78 is 26.0. The van der Waals surface area contributed by atoms with Gasteiger partial charge in [-0.1, -0.05) is 152 Å². The zero-order valence-electron chi connectivity index (χ0n) is 40.7. The first-order valence-corrected chi connectivity index (χ1v) is 22.4. The van der Waals surface area contributed by atoms with Crippen molar-refractivity contribution in [1.29, 1.82) is 0 Å². The summed E-state index contributed by atoms with van der Waals surface area (Å²) in [5, 5.41) is 19.4. The molecule has 0 aromatic heterocycles. The lowest BCUT2D eigenvalue weighted by molar-refractivity contribution is -0.0732. The van der Waals surface area contributed by atoms with E-state index in [1.807, 2.05) is 36.4 Å². The predicted octanol–water partition coefficient (Wildman–Crippen LogP) is 12.0. The molecule has 7 nitrogen and oxygen atoms in total. The Morgan fingerprint density at radius 2 is 0.790 bits per heavy atom. The summed E-state index contributed by atoms with van der Waals surface area (Å²) in [4.78, 5) is 14.1. The van der Waals surface area contributed by atoms with E-state index < -0.39 is 18.7 Å². The smallest absolute Gasteiger partial charge is 0.488 e. The van der Waals surface area contributed by atoms with Crippen molar-refractivity contribution in [2.24, 2.45) is 16.2 Å². The van der Waals surface area contributed by atoms with Gasteiger partial charge in [-0.15, -0.1) is 0 Å². The Labute approximate surface area is 375 Å². The van der Waals surface area contributed by atoms with Gasteiger partial charge in [0.25, 0.3) is 0 Å². The van der Waals surface area contributed by atoms with Crippen molar-refractivity contribution in [3.8, 4) is 17.2 Å². The number of ether oxygens (including phenoxy) is 4. The number of hydrogen-bond acceptors (Lipinski definition) is 7. The van der Waals surface area contributed by atoms with E-state index in [0.29, 0.717) is 17.2 Å². The number of esters is 1. The van der Waals surface area contributed by atoms with Gasteiger partial charge in [-0.05, 0) is 122 Å². The zero-order valence-corrected chi connectivity index (χ0v) is 40.7. The van der Waals surface area contributed by atoms with Crippen LogP contribution in [0.2, 0.25) is 0 Å². The Morgan fingerprint density at radius 1 is 0.468 bits per heavy atom. The van der Waals surface area contributed by atoms with Crippen LogP contribution < -0.4 is 19.7 Å². The van der Waals surface area contributed by atoms with Crippen LogP contribution in [0.1, 0.15) is 157 Å². The standard InChI is InChI=1S/C54H77BO7/c1-48(2,3)34-51(10,11)40-18-26-44(27-19-40)59-33-32-54(62-47(56)39-16-24-43(25-17-39)55(57)58,37-60-45-28-20-41(21-29-45)52(12,13)35-49(4,5)6)38-61-46-30-22-42(23-31-46)53(14,15)36-50(7,8)9/h16-31,57-58H,32-38H2,1-15H3. The summed E-state index contributed by atoms with van der Waals surface area (Å²) in [5.41, 5.74) is 3.30. The van der Waals surface area contributed by atoms with Crippen LogP contribution in [-0.4, -0.2) is 48.6 Å². The van der Waals surface area contributed by atoms with Gasteiger partial charge >= 0.3 is 13.1 Å². The van der Waals surface area contributed by atoms with Crippen LogP contribution in [0.5, 0.6) is 17.2 Å². The molecular formula is C54H77BO7. The lowest BCUT2D eigenvalue weighted by atomic mass is 9.72. The monoisotopic (exact) mass is 849 g/mol. The van der Waals surface area contributed by atoms with Crippen molar-refractivity contribution in [3.05, 3.63) is 119 Å². The Balaban J connectivity index is 1.68. The first kappa shape index (κ1) is 50.4. The summed E-state index contributed by atoms with van der Waals surface area (Å²) in [7, 11) is -1.66. The number of benzene rings is 4. The number of carbonyl (C=O) groups excluding carboxylic acids is 1. The molecule has 0 saturated heterocycles. The van der Waals surface area contributed by atoms with Crippen LogP contribution in [0, 0.1) is 16.2 Å². The molecule has 2 N–H and O–H groups in total. The maximum atomic E-state index is 14.1. The fourth-order valence-electron chi connectivity index (χ4n) is 9.42. The average Bonchev–Trinajstić information content (AvgIpc) is 3.14. The summed E-state index contributed by atoms with van der Waals surface area (Å²) >= 11 is 0. The van der Waals surface area contributed by atoms with Gasteiger partial charge in [0, 0.05) is 6.42 Å². The largest absolute Gasteiger partial charge is 0.493 e. The minimum Gasteiger partial charge on any atom is -0.493 e. The molecule has 0 atom stereocenters. The van der Waals surface area contributed by atoms with Gasteiger partial charge in [0.1, 0.15) is 30.5 Å². The minimum atomic E-state index is -1.66. The van der Waals surface area contributed by atoms with Crippen LogP contribution in [0.4, 0.5) is 0 Å². The fraction of sp³-hybridized carbons (Fsp3) is 0.537. The van der Waals surface area contributed by atoms with E-state index in [0.717, 1.165) is 19.3 Å². The summed E-state index contributed by atoms with van der Waals surface area (Å²) in [6, 6.07) is 30.7. The highest BCUT2D eigenvalue weighted by Crippen LogP contribution is 2.39. The molecule has 338 valence electrons. The minimum absolute atomic E-state index is 0.0105. The van der Waals surface area contributed by atoms with Gasteiger partial charge in [-0.25, -0.2) is 4.79 Å². The molecule has 0 radical (unpaired) electrons. The fourth-order valence-corrected chi connectivity index (χ4v) is 9.42. The highest BCUT2D eigenvalue weighted by Gasteiger charge is 2.38. The third kappa shape index (κ3) is 15.5. The normalized spacial score (nSPS) is 13.1. The van der Waals surface area contributed by atoms with Gasteiger partial charge < -0.3 is 29.0 Å². The van der Waals surface area contributed by atoms with Crippen molar-refractivity contribution in [2.45, 2.75) is 151 Å². The maximum absolute atomic E-state index is 14.1. The quantitative estimate of drug-likeness (QED) is 0.0717. The molecular weight excluding hydrogens is 771 g/mol. The van der Waals surface area contributed by atoms with Crippen LogP contribution in [0.3, 0.4) is 0 Å². The molecule has 0 fully saturated rings. The van der Waals surface area contributed by atoms with Crippen LogP contribution in [0.25, 0.3) is 0 Å². The molecule has 8 heteroatoms. The Morgan fingerprint density at radius 3 is 1.10 bits per heavy atom. The zero-order chi connectivity index (χ0) is 46.4. The second-order valence-electron chi connectivity index (χ2n) is 23.2. The Bertz CT molecular complexity index is 1930. The van der Waals surface area contributed by atoms with Crippen LogP contribution in [0.15, 0.2) is 97.1 Å². The number of rotatable bonds is 19. The second-order valence-corrected chi connectivity index (χ2v) is 23.2. The van der Waals surface area contributed by atoms with Crippen molar-refractivity contribution >= 4 is 18.6 Å². The van der Waals surface area contributed by atoms with E-state index >= 15 is 0 Å². The highest BCUT2D eigenvalue weighted by molar-refractivity contribution is 6.58. The second kappa shape index (κ2) is 19.6. The van der Waals surface area contributed by atoms with Crippen molar-refractivity contribution in [3.63, 3.8) is 0 Å². The molecule has 62 heavy (non-hydrogen) atoms. The van der Waals surface area contributed by atoms with Crippen LogP contribution >= 0.6 is 0 Å². The molecule has 0 unspecified atom stereocenters. The molecule has 0 bridgehead atoms. The van der Waals surface area contributed by atoms with Crippen molar-refractivity contribution in [1.82, 2.24) is 0 Å². The average molecular weight is 849 g/mol. The first-order valence-electron chi connectivity index (χ1n) is 22.4. The van der Waals surface area contributed by atoms with Crippen LogP contribution in [-0.2, 0) is 21.0 Å². The summed E-state index contributed by atoms with van der Waals surface area (Å²) in [6.45, 7) is 34.1. The molecule has 0 aliphatic rings. The highest BCUT2D eigenvalue weighted by atomic mass is 16.6. The Kier molecular flexibility index (Phi) is 16.0. The third-order valence-corrected chi connectivity index (χ3v) is 11.4. The SMILES string of the molecule is CC(C)(C)CC(C)(C)c1ccc(OCCC(COc2ccc(C(C)(C)CC(C)(C)C)cc2)(COc2ccc(C(C)(C)CC(C)(C)C)cc2)OC(=O)c2ccc(B(O)O)cc2)cc1. The molecule has 0 spiro atoms. The van der Waals surface area contributed by atoms with Gasteiger partial charge in [0.15, 0.2) is 5.60 Å². The molecule has 0 amide bonds. The van der Waals surface area contributed by atoms with Gasteiger partial charge in [-0.2, -0.15) is 0 Å². The summed E-state index contributed by atoms with van der Waals surface area (Å²) in [5.74, 6) is 1.39. The molecule has 4 rings (SSSR count). The van der Waals surface area contributed by atoms with Gasteiger partial charge in [0.05, 0.1) is 12.2 Å². The predicted molar refractivity (Wildman–Crippen MR) is 256 cm³/mol. The lowest BCUT2D eigenvalue weighted by Gasteiger charge is -2.34. The number of hydrogen-bond donors (Lipinski definition) is 2. The van der Waals surface area contributed by atoms with E-state index in [4.69, 9.17) is 18.9 Å². The lowest BCUT2D eigenvalue weighted by Crippen LogP contribution is -2.47. The topological polar surface area (TPSA) is 94.5 Å². The third-order valence-electron chi connectivity index (χ3n) is 11.4. The van der Waals surface area contributed by atoms with E-state index in [-0.39, 0.29) is 69.8 Å². The van der Waals surface area contributed by atoms with E-state index in [1.54, 1.807) is 0 Å². The molecule has 4 aromatic carbocycles. The maximum Gasteiger partial charge on any atom is 0.488 e. The van der Waals surface area contributed by atoms with Gasteiger partial charge in [0.2, 0.25) is 0 Å². The molecule has 0 heterocycles. The number of carbonyl (C=O) groups is 1. The van der Waals surface area contributed by atoms with Crippen molar-refractivity contribution in [2.75, 3.05) is 19.8 Å². The molecule has 4 aromatic rings. The summed E-state index contributed by atoms with van der Waals surface area (Å²) in [6.07, 6.45) is 3.31. The van der Waals surface area contributed by atoms with Crippen molar-refractivity contribution < 1.29 is 33.8 Å². The molecule has 0 saturated carbocycles.